The minimum atomic E-state index is -3.22. The van der Waals surface area contributed by atoms with Gasteiger partial charge in [-0.3, -0.25) is 0 Å². The monoisotopic (exact) mass is 257 g/mol. The van der Waals surface area contributed by atoms with E-state index in [1.807, 2.05) is 38.1 Å². The lowest BCUT2D eigenvalue weighted by Crippen LogP contribution is -2.26. The molecule has 0 aliphatic heterocycles. The lowest BCUT2D eigenvalue weighted by Gasteiger charge is -2.18. The number of hydrogen-bond donors (Lipinski definition) is 1. The molecule has 0 radical (unpaired) electrons. The van der Waals surface area contributed by atoms with Gasteiger partial charge in [-0.25, -0.2) is 13.1 Å². The summed E-state index contributed by atoms with van der Waals surface area (Å²) < 4.78 is 30.6. The first kappa shape index (κ1) is 14.0. The molecule has 0 heterocycles. The zero-order valence-electron chi connectivity index (χ0n) is 10.6. The van der Waals surface area contributed by atoms with Crippen molar-refractivity contribution in [2.75, 3.05) is 6.26 Å². The number of para-hydroxylation sites is 1. The van der Waals surface area contributed by atoms with Gasteiger partial charge in [-0.2, -0.15) is 0 Å². The predicted octanol–water partition coefficient (Wildman–Crippen LogP) is 2.08. The Hall–Kier alpha value is -1.07. The molecule has 0 bridgehead atoms. The molecule has 1 aromatic carbocycles. The Morgan fingerprint density at radius 2 is 1.76 bits per heavy atom. The maximum atomic E-state index is 11.2. The van der Waals surface area contributed by atoms with Crippen molar-refractivity contribution in [1.82, 2.24) is 4.72 Å². The van der Waals surface area contributed by atoms with Crippen LogP contribution in [0.4, 0.5) is 0 Å². The van der Waals surface area contributed by atoms with Crippen LogP contribution in [0.1, 0.15) is 32.4 Å². The van der Waals surface area contributed by atoms with E-state index in [0.717, 1.165) is 11.8 Å². The van der Waals surface area contributed by atoms with Crippen LogP contribution in [-0.2, 0) is 10.0 Å². The quantitative estimate of drug-likeness (QED) is 0.878. The van der Waals surface area contributed by atoms with Crippen molar-refractivity contribution < 1.29 is 13.2 Å². The summed E-state index contributed by atoms with van der Waals surface area (Å²) in [5.74, 6) is 0.714. The van der Waals surface area contributed by atoms with Crippen LogP contribution in [0.2, 0.25) is 0 Å². The third kappa shape index (κ3) is 4.75. The molecule has 4 nitrogen and oxygen atoms in total. The van der Waals surface area contributed by atoms with Crippen LogP contribution in [0.3, 0.4) is 0 Å². The van der Waals surface area contributed by atoms with Crippen molar-refractivity contribution in [3.63, 3.8) is 0 Å². The van der Waals surface area contributed by atoms with Gasteiger partial charge in [-0.05, 0) is 26.8 Å². The molecule has 17 heavy (non-hydrogen) atoms. The third-order valence-electron chi connectivity index (χ3n) is 2.14. The summed E-state index contributed by atoms with van der Waals surface area (Å²) in [6, 6.07) is 7.13. The normalized spacial score (nSPS) is 13.7. The van der Waals surface area contributed by atoms with Crippen molar-refractivity contribution in [3.8, 4) is 5.75 Å². The molecule has 0 amide bonds. The molecule has 0 saturated heterocycles. The van der Waals surface area contributed by atoms with Gasteiger partial charge >= 0.3 is 0 Å². The van der Waals surface area contributed by atoms with Crippen LogP contribution in [0, 0.1) is 0 Å². The fraction of sp³-hybridized carbons (Fsp3) is 0.500. The number of nitrogens with one attached hydrogen (secondary N) is 1. The molecule has 0 aliphatic carbocycles. The summed E-state index contributed by atoms with van der Waals surface area (Å²) in [6.07, 6.45) is 1.21. The van der Waals surface area contributed by atoms with Crippen molar-refractivity contribution in [1.29, 1.82) is 0 Å². The number of benzene rings is 1. The van der Waals surface area contributed by atoms with E-state index >= 15 is 0 Å². The Labute approximate surface area is 103 Å². The minimum absolute atomic E-state index is 0.0570. The van der Waals surface area contributed by atoms with Crippen molar-refractivity contribution in [2.45, 2.75) is 32.9 Å². The number of hydrogen-bond acceptors (Lipinski definition) is 3. The lowest BCUT2D eigenvalue weighted by atomic mass is 10.1. The van der Waals surface area contributed by atoms with Gasteiger partial charge in [-0.1, -0.05) is 18.2 Å². The third-order valence-corrected chi connectivity index (χ3v) is 2.92. The largest absolute Gasteiger partial charge is 0.491 e. The molecule has 1 unspecified atom stereocenters. The smallest absolute Gasteiger partial charge is 0.209 e. The van der Waals surface area contributed by atoms with E-state index in [1.165, 1.54) is 0 Å². The van der Waals surface area contributed by atoms with E-state index in [0.29, 0.717) is 5.75 Å². The van der Waals surface area contributed by atoms with Crippen LogP contribution in [0.5, 0.6) is 5.75 Å². The number of sulfonamides is 1. The standard InChI is InChI=1S/C12H19NO3S/c1-9(2)16-12-8-6-5-7-11(12)10(3)13-17(4,14)15/h5-10,13H,1-4H3. The van der Waals surface area contributed by atoms with E-state index in [9.17, 15) is 8.42 Å². The lowest BCUT2D eigenvalue weighted by molar-refractivity contribution is 0.238. The Morgan fingerprint density at radius 1 is 1.18 bits per heavy atom. The van der Waals surface area contributed by atoms with E-state index in [4.69, 9.17) is 4.74 Å². The molecule has 1 atom stereocenters. The molecule has 0 spiro atoms. The van der Waals surface area contributed by atoms with Gasteiger partial charge in [0.25, 0.3) is 0 Å². The number of rotatable bonds is 5. The van der Waals surface area contributed by atoms with Gasteiger partial charge in [0.1, 0.15) is 5.75 Å². The van der Waals surface area contributed by atoms with Crippen LogP contribution in [-0.4, -0.2) is 20.8 Å². The maximum absolute atomic E-state index is 11.2. The molecular formula is C12H19NO3S. The molecule has 1 N–H and O–H groups in total. The second-order valence-electron chi connectivity index (χ2n) is 4.32. The van der Waals surface area contributed by atoms with E-state index < -0.39 is 10.0 Å². The summed E-state index contributed by atoms with van der Waals surface area (Å²) in [7, 11) is -3.22. The first-order valence-electron chi connectivity index (χ1n) is 5.52. The van der Waals surface area contributed by atoms with Crippen LogP contribution >= 0.6 is 0 Å². The van der Waals surface area contributed by atoms with Crippen molar-refractivity contribution >= 4 is 10.0 Å². The summed E-state index contributed by atoms with van der Waals surface area (Å²) >= 11 is 0. The molecule has 1 aromatic rings. The molecular weight excluding hydrogens is 238 g/mol. The van der Waals surface area contributed by atoms with E-state index in [2.05, 4.69) is 4.72 Å². The SMILES string of the molecule is CC(C)Oc1ccccc1C(C)NS(C)(=O)=O. The summed E-state index contributed by atoms with van der Waals surface area (Å²) in [5.41, 5.74) is 0.839. The highest BCUT2D eigenvalue weighted by Gasteiger charge is 2.15. The predicted molar refractivity (Wildman–Crippen MR) is 68.6 cm³/mol. The van der Waals surface area contributed by atoms with Gasteiger partial charge in [0.05, 0.1) is 12.4 Å². The topological polar surface area (TPSA) is 55.4 Å². The van der Waals surface area contributed by atoms with Crippen LogP contribution in [0.15, 0.2) is 24.3 Å². The molecule has 0 saturated carbocycles. The number of ether oxygens (including phenoxy) is 1. The Kier molecular flexibility index (Phi) is 4.54. The highest BCUT2D eigenvalue weighted by atomic mass is 32.2. The summed E-state index contributed by atoms with van der Waals surface area (Å²) in [6.45, 7) is 5.67. The molecule has 0 fully saturated rings. The highest BCUT2D eigenvalue weighted by molar-refractivity contribution is 7.88. The van der Waals surface area contributed by atoms with Crippen molar-refractivity contribution in [3.05, 3.63) is 29.8 Å². The Balaban J connectivity index is 2.96. The molecule has 0 aromatic heterocycles. The average molecular weight is 257 g/mol. The van der Waals surface area contributed by atoms with Crippen LogP contribution in [0.25, 0.3) is 0 Å². The average Bonchev–Trinajstić information content (AvgIpc) is 2.14. The van der Waals surface area contributed by atoms with E-state index in [-0.39, 0.29) is 12.1 Å². The second kappa shape index (κ2) is 5.51. The van der Waals surface area contributed by atoms with Gasteiger partial charge in [0.2, 0.25) is 10.0 Å². The molecule has 1 rings (SSSR count). The zero-order valence-corrected chi connectivity index (χ0v) is 11.4. The fourth-order valence-corrected chi connectivity index (χ4v) is 2.35. The van der Waals surface area contributed by atoms with Crippen LogP contribution < -0.4 is 9.46 Å². The first-order valence-corrected chi connectivity index (χ1v) is 7.41. The minimum Gasteiger partial charge on any atom is -0.491 e. The van der Waals surface area contributed by atoms with Crippen molar-refractivity contribution in [2.24, 2.45) is 0 Å². The Morgan fingerprint density at radius 3 is 2.29 bits per heavy atom. The summed E-state index contributed by atoms with van der Waals surface area (Å²) in [4.78, 5) is 0. The molecule has 0 aliphatic rings. The zero-order chi connectivity index (χ0) is 13.1. The highest BCUT2D eigenvalue weighted by Crippen LogP contribution is 2.25. The van der Waals surface area contributed by atoms with Gasteiger partial charge in [0, 0.05) is 11.6 Å². The maximum Gasteiger partial charge on any atom is 0.209 e. The van der Waals surface area contributed by atoms with Gasteiger partial charge < -0.3 is 4.74 Å². The van der Waals surface area contributed by atoms with Gasteiger partial charge in [-0.15, -0.1) is 0 Å². The fourth-order valence-electron chi connectivity index (χ4n) is 1.58. The molecule has 96 valence electrons. The van der Waals surface area contributed by atoms with E-state index in [1.54, 1.807) is 6.92 Å². The first-order chi connectivity index (χ1) is 7.79. The molecule has 5 heteroatoms. The second-order valence-corrected chi connectivity index (χ2v) is 6.10. The van der Waals surface area contributed by atoms with Gasteiger partial charge in [0.15, 0.2) is 0 Å². The summed E-state index contributed by atoms with van der Waals surface area (Å²) in [5, 5.41) is 0. The Bertz CT molecular complexity index is 468.